The van der Waals surface area contributed by atoms with Crippen molar-refractivity contribution < 1.29 is 23.7 Å². The molecular weight excluding hydrogens is 434 g/mol. The van der Waals surface area contributed by atoms with Crippen molar-refractivity contribution in [2.75, 3.05) is 32.8 Å². The molecule has 2 heterocycles. The van der Waals surface area contributed by atoms with Crippen LogP contribution in [0.2, 0.25) is 0 Å². The molecule has 0 fully saturated rings. The number of hydrogen-bond donors (Lipinski definition) is 1. The van der Waals surface area contributed by atoms with Gasteiger partial charge in [0.25, 0.3) is 5.91 Å². The molecule has 0 spiro atoms. The van der Waals surface area contributed by atoms with E-state index < -0.39 is 0 Å². The first-order chi connectivity index (χ1) is 16.7. The Labute approximate surface area is 196 Å². The summed E-state index contributed by atoms with van der Waals surface area (Å²) in [5.41, 5.74) is 3.08. The zero-order valence-electron chi connectivity index (χ0n) is 18.8. The predicted octanol–water partition coefficient (Wildman–Crippen LogP) is 4.58. The van der Waals surface area contributed by atoms with Gasteiger partial charge < -0.3 is 24.3 Å². The predicted molar refractivity (Wildman–Crippen MR) is 127 cm³/mol. The first-order valence-electron chi connectivity index (χ1n) is 10.7. The molecule has 172 valence electrons. The molecule has 4 aromatic rings. The molecule has 5 rings (SSSR count). The number of anilines is 1. The minimum absolute atomic E-state index is 0.302. The van der Waals surface area contributed by atoms with Gasteiger partial charge in [0.1, 0.15) is 18.9 Å². The summed E-state index contributed by atoms with van der Waals surface area (Å²) in [6, 6.07) is 20.4. The van der Waals surface area contributed by atoms with Crippen LogP contribution in [0.4, 0.5) is 5.69 Å². The molecule has 0 unspecified atom stereocenters. The molecule has 1 aliphatic rings. The highest BCUT2D eigenvalue weighted by Gasteiger charge is 2.21. The van der Waals surface area contributed by atoms with Crippen molar-refractivity contribution in [1.29, 1.82) is 0 Å². The zero-order valence-corrected chi connectivity index (χ0v) is 18.8. The van der Waals surface area contributed by atoms with Crippen molar-refractivity contribution in [2.45, 2.75) is 0 Å². The lowest BCUT2D eigenvalue weighted by molar-refractivity contribution is 0.102. The number of hydrogen-bond acceptors (Lipinski definition) is 6. The van der Waals surface area contributed by atoms with Gasteiger partial charge in [0.05, 0.1) is 25.5 Å². The van der Waals surface area contributed by atoms with Gasteiger partial charge in [-0.15, -0.1) is 0 Å². The fourth-order valence-corrected chi connectivity index (χ4v) is 3.77. The van der Waals surface area contributed by atoms with E-state index in [1.54, 1.807) is 55.4 Å². The highest BCUT2D eigenvalue weighted by Crippen LogP contribution is 2.35. The second-order valence-corrected chi connectivity index (χ2v) is 7.55. The molecule has 8 nitrogen and oxygen atoms in total. The number of rotatable bonds is 6. The van der Waals surface area contributed by atoms with Crippen molar-refractivity contribution >= 4 is 11.6 Å². The lowest BCUT2D eigenvalue weighted by Gasteiger charge is -2.19. The number of benzene rings is 3. The largest absolute Gasteiger partial charge is 0.493 e. The highest BCUT2D eigenvalue weighted by molar-refractivity contribution is 6.08. The summed E-state index contributed by atoms with van der Waals surface area (Å²) in [5.74, 6) is 2.10. The molecule has 0 bridgehead atoms. The zero-order chi connectivity index (χ0) is 23.5. The van der Waals surface area contributed by atoms with E-state index in [0.717, 1.165) is 11.3 Å². The summed E-state index contributed by atoms with van der Waals surface area (Å²) in [6.45, 7) is 0.976. The van der Waals surface area contributed by atoms with Gasteiger partial charge in [-0.3, -0.25) is 4.79 Å². The van der Waals surface area contributed by atoms with E-state index in [-0.39, 0.29) is 5.91 Å². The van der Waals surface area contributed by atoms with E-state index in [1.165, 1.54) is 0 Å². The van der Waals surface area contributed by atoms with Gasteiger partial charge in [-0.2, -0.15) is 5.10 Å². The van der Waals surface area contributed by atoms with Crippen molar-refractivity contribution in [1.82, 2.24) is 9.78 Å². The summed E-state index contributed by atoms with van der Waals surface area (Å²) in [5, 5.41) is 7.68. The van der Waals surface area contributed by atoms with E-state index in [2.05, 4.69) is 5.32 Å². The van der Waals surface area contributed by atoms with Crippen LogP contribution in [0.1, 0.15) is 10.4 Å². The maximum absolute atomic E-state index is 13.4. The summed E-state index contributed by atoms with van der Waals surface area (Å²) < 4.78 is 23.7. The Hall–Kier alpha value is -4.46. The minimum Gasteiger partial charge on any atom is -0.493 e. The average Bonchev–Trinajstić information content (AvgIpc) is 3.34. The van der Waals surface area contributed by atoms with Crippen LogP contribution in [-0.2, 0) is 0 Å². The van der Waals surface area contributed by atoms with Crippen molar-refractivity contribution in [3.05, 3.63) is 78.5 Å². The summed E-state index contributed by atoms with van der Waals surface area (Å²) in [7, 11) is 3.15. The molecular formula is C26H23N3O5. The number of amides is 1. The van der Waals surface area contributed by atoms with E-state index in [9.17, 15) is 4.79 Å². The van der Waals surface area contributed by atoms with Crippen LogP contribution >= 0.6 is 0 Å². The SMILES string of the molecule is COc1ccc(-c2nn(-c3ccccc3)cc2C(=O)Nc2ccc3c(c2)OCCO3)cc1OC. The highest BCUT2D eigenvalue weighted by atomic mass is 16.6. The van der Waals surface area contributed by atoms with E-state index in [4.69, 9.17) is 24.0 Å². The Morgan fingerprint density at radius 1 is 0.912 bits per heavy atom. The summed E-state index contributed by atoms with van der Waals surface area (Å²) >= 11 is 0. The Balaban J connectivity index is 1.54. The fourth-order valence-electron chi connectivity index (χ4n) is 3.77. The van der Waals surface area contributed by atoms with Gasteiger partial charge in [0.15, 0.2) is 23.0 Å². The lowest BCUT2D eigenvalue weighted by atomic mass is 10.1. The Kier molecular flexibility index (Phi) is 5.78. The number of fused-ring (bicyclic) bond motifs is 1. The Morgan fingerprint density at radius 2 is 1.68 bits per heavy atom. The maximum Gasteiger partial charge on any atom is 0.259 e. The smallest absolute Gasteiger partial charge is 0.259 e. The topological polar surface area (TPSA) is 83.8 Å². The average molecular weight is 457 g/mol. The standard InChI is InChI=1S/C26H23N3O5/c1-31-21-10-8-17(14-23(21)32-2)25-20(16-29(28-25)19-6-4-3-5-7-19)26(30)27-18-9-11-22-24(15-18)34-13-12-33-22/h3-11,14-16H,12-13H2,1-2H3,(H,27,30). The summed E-state index contributed by atoms with van der Waals surface area (Å²) in [6.07, 6.45) is 1.72. The number of methoxy groups -OCH3 is 2. The van der Waals surface area contributed by atoms with Gasteiger partial charge >= 0.3 is 0 Å². The Morgan fingerprint density at radius 3 is 2.44 bits per heavy atom. The van der Waals surface area contributed by atoms with Crippen molar-refractivity contribution in [3.63, 3.8) is 0 Å². The molecule has 1 amide bonds. The molecule has 3 aromatic carbocycles. The number of carbonyl (C=O) groups excluding carboxylic acids is 1. The minimum atomic E-state index is -0.302. The number of carbonyl (C=O) groups is 1. The van der Waals surface area contributed by atoms with Crippen LogP contribution < -0.4 is 24.3 Å². The van der Waals surface area contributed by atoms with Crippen LogP contribution in [0.15, 0.2) is 72.9 Å². The molecule has 34 heavy (non-hydrogen) atoms. The third-order valence-electron chi connectivity index (χ3n) is 5.44. The van der Waals surface area contributed by atoms with Gasteiger partial charge in [-0.05, 0) is 42.5 Å². The van der Waals surface area contributed by atoms with Crippen LogP contribution in [0.5, 0.6) is 23.0 Å². The number of nitrogens with zero attached hydrogens (tertiary/aromatic N) is 2. The van der Waals surface area contributed by atoms with Gasteiger partial charge in [0.2, 0.25) is 0 Å². The monoisotopic (exact) mass is 457 g/mol. The van der Waals surface area contributed by atoms with Gasteiger partial charge in [-0.25, -0.2) is 4.68 Å². The first kappa shape index (κ1) is 21.4. The van der Waals surface area contributed by atoms with Crippen molar-refractivity contribution in [3.8, 4) is 39.9 Å². The second kappa shape index (κ2) is 9.19. The summed E-state index contributed by atoms with van der Waals surface area (Å²) in [4.78, 5) is 13.4. The number of ether oxygens (including phenoxy) is 4. The quantitative estimate of drug-likeness (QED) is 0.456. The molecule has 0 aliphatic carbocycles. The van der Waals surface area contributed by atoms with E-state index in [0.29, 0.717) is 53.2 Å². The number of nitrogens with one attached hydrogen (secondary N) is 1. The molecule has 0 atom stereocenters. The molecule has 8 heteroatoms. The normalized spacial score (nSPS) is 12.2. The maximum atomic E-state index is 13.4. The van der Waals surface area contributed by atoms with Crippen LogP contribution in [0.25, 0.3) is 16.9 Å². The molecule has 1 aromatic heterocycles. The molecule has 1 N–H and O–H groups in total. The lowest BCUT2D eigenvalue weighted by Crippen LogP contribution is -2.16. The second-order valence-electron chi connectivity index (χ2n) is 7.55. The van der Waals surface area contributed by atoms with Crippen LogP contribution in [-0.4, -0.2) is 43.1 Å². The molecule has 0 saturated carbocycles. The third-order valence-corrected chi connectivity index (χ3v) is 5.44. The number of aromatic nitrogens is 2. The Bertz CT molecular complexity index is 1330. The molecule has 0 radical (unpaired) electrons. The first-order valence-corrected chi connectivity index (χ1v) is 10.7. The molecule has 0 saturated heterocycles. The van der Waals surface area contributed by atoms with E-state index >= 15 is 0 Å². The molecule has 1 aliphatic heterocycles. The van der Waals surface area contributed by atoms with Crippen molar-refractivity contribution in [2.24, 2.45) is 0 Å². The van der Waals surface area contributed by atoms with Gasteiger partial charge in [-0.1, -0.05) is 18.2 Å². The van der Waals surface area contributed by atoms with Crippen LogP contribution in [0, 0.1) is 0 Å². The van der Waals surface area contributed by atoms with Crippen LogP contribution in [0.3, 0.4) is 0 Å². The van der Waals surface area contributed by atoms with Gasteiger partial charge in [0, 0.05) is 23.5 Å². The fraction of sp³-hybridized carbons (Fsp3) is 0.154. The third kappa shape index (κ3) is 4.13. The number of para-hydroxylation sites is 1. The van der Waals surface area contributed by atoms with E-state index in [1.807, 2.05) is 36.4 Å².